The second-order valence-corrected chi connectivity index (χ2v) is 22.1. The first-order valence-corrected chi connectivity index (χ1v) is 12.4. The fraction of sp³-hybridized carbons (Fsp3) is 1.00. The zero-order valence-corrected chi connectivity index (χ0v) is 11.6. The molecule has 1 saturated heterocycles. The van der Waals surface area contributed by atoms with Crippen molar-refractivity contribution in [2.75, 3.05) is 0 Å². The SMILES string of the molecule is CC1(C)CC[Si](C)(Cl)[Si](C)(Cl)O1. The van der Waals surface area contributed by atoms with Crippen molar-refractivity contribution >= 4 is 36.2 Å². The molecule has 2 unspecified atom stereocenters. The van der Waals surface area contributed by atoms with Crippen LogP contribution in [-0.4, -0.2) is 19.6 Å². The predicted molar refractivity (Wildman–Crippen MR) is 59.5 cm³/mol. The van der Waals surface area contributed by atoms with Crippen molar-refractivity contribution < 1.29 is 4.43 Å². The highest BCUT2D eigenvalue weighted by molar-refractivity contribution is 7.69. The zero-order valence-electron chi connectivity index (χ0n) is 8.08. The van der Waals surface area contributed by atoms with Crippen molar-refractivity contribution in [2.45, 2.75) is 45.0 Å². The van der Waals surface area contributed by atoms with Gasteiger partial charge in [0.1, 0.15) is 0 Å². The van der Waals surface area contributed by atoms with Gasteiger partial charge in [0.2, 0.25) is 0 Å². The Kier molecular flexibility index (Phi) is 2.75. The van der Waals surface area contributed by atoms with Crippen molar-refractivity contribution in [1.29, 1.82) is 0 Å². The van der Waals surface area contributed by atoms with Gasteiger partial charge in [0.15, 0.2) is 6.90 Å². The highest BCUT2D eigenvalue weighted by Gasteiger charge is 2.55. The molecule has 0 amide bonds. The largest absolute Gasteiger partial charge is 0.399 e. The molecule has 72 valence electrons. The third-order valence-electron chi connectivity index (χ3n) is 2.60. The Morgan fingerprint density at radius 2 is 1.75 bits per heavy atom. The summed E-state index contributed by atoms with van der Waals surface area (Å²) in [4.78, 5) is 0. The highest BCUT2D eigenvalue weighted by atomic mass is 35.6. The highest BCUT2D eigenvalue weighted by Crippen LogP contribution is 2.42. The smallest absolute Gasteiger partial charge is 0.288 e. The molecule has 1 heterocycles. The zero-order chi connectivity index (χ0) is 9.62. The van der Waals surface area contributed by atoms with Gasteiger partial charge in [0, 0.05) is 0 Å². The summed E-state index contributed by atoms with van der Waals surface area (Å²) in [6.45, 7) is 6.61. The standard InChI is InChI=1S/C7H16Cl2OSi2/c1-7(2)5-6-11(3,8)12(4,9)10-7/h5-6H2,1-4H3. The summed E-state index contributed by atoms with van der Waals surface area (Å²) < 4.78 is 5.91. The summed E-state index contributed by atoms with van der Waals surface area (Å²) in [6, 6.07) is 1.09. The number of hydrogen-bond donors (Lipinski definition) is 0. The summed E-state index contributed by atoms with van der Waals surface area (Å²) in [5, 5.41) is 0. The van der Waals surface area contributed by atoms with E-state index in [2.05, 4.69) is 20.4 Å². The van der Waals surface area contributed by atoms with Crippen molar-refractivity contribution in [3.8, 4) is 0 Å². The summed E-state index contributed by atoms with van der Waals surface area (Å²) >= 11 is 12.8. The quantitative estimate of drug-likeness (QED) is 0.468. The van der Waals surface area contributed by atoms with E-state index in [1.165, 1.54) is 0 Å². The Hall–Kier alpha value is 0.974. The number of hydrogen-bond acceptors (Lipinski definition) is 1. The normalized spacial score (nSPS) is 47.5. The van der Waals surface area contributed by atoms with Crippen LogP contribution in [0.15, 0.2) is 0 Å². The molecule has 0 aliphatic carbocycles. The summed E-state index contributed by atoms with van der Waals surface area (Å²) in [7, 11) is -2.08. The van der Waals surface area contributed by atoms with Crippen LogP contribution in [0.5, 0.6) is 0 Å². The lowest BCUT2D eigenvalue weighted by molar-refractivity contribution is 0.0988. The van der Waals surface area contributed by atoms with E-state index in [1.54, 1.807) is 0 Å². The molecule has 0 saturated carbocycles. The molecular formula is C7H16Cl2OSi2. The minimum atomic E-state index is -2.08. The second-order valence-electron chi connectivity index (χ2n) is 4.48. The molecule has 12 heavy (non-hydrogen) atoms. The lowest BCUT2D eigenvalue weighted by atomic mass is 10.1. The predicted octanol–water partition coefficient (Wildman–Crippen LogP) is 3.39. The number of rotatable bonds is 0. The van der Waals surface area contributed by atoms with Gasteiger partial charge in [-0.1, -0.05) is 6.55 Å². The molecule has 1 aliphatic heterocycles. The molecule has 0 aromatic heterocycles. The molecule has 1 aliphatic rings. The van der Waals surface area contributed by atoms with E-state index in [9.17, 15) is 0 Å². The summed E-state index contributed by atoms with van der Waals surface area (Å²) in [5.41, 5.74) is -0.0515. The molecule has 0 radical (unpaired) electrons. The van der Waals surface area contributed by atoms with Crippen LogP contribution in [0, 0.1) is 0 Å². The van der Waals surface area contributed by atoms with Gasteiger partial charge in [0.25, 0.3) is 7.14 Å². The molecule has 0 N–H and O–H groups in total. The minimum Gasteiger partial charge on any atom is -0.399 e. The Bertz CT molecular complexity index is 192. The van der Waals surface area contributed by atoms with Crippen molar-refractivity contribution in [2.24, 2.45) is 0 Å². The van der Waals surface area contributed by atoms with E-state index >= 15 is 0 Å². The lowest BCUT2D eigenvalue weighted by Gasteiger charge is -2.45. The molecule has 1 rings (SSSR count). The summed E-state index contributed by atoms with van der Waals surface area (Å²) in [5.74, 6) is 0. The average molecular weight is 243 g/mol. The Morgan fingerprint density at radius 3 is 2.08 bits per heavy atom. The van der Waals surface area contributed by atoms with E-state index in [1.807, 2.05) is 6.55 Å². The van der Waals surface area contributed by atoms with Crippen LogP contribution in [0.25, 0.3) is 0 Å². The second kappa shape index (κ2) is 2.99. The molecule has 1 fully saturated rings. The molecule has 0 aromatic rings. The van der Waals surface area contributed by atoms with Gasteiger partial charge in [-0.3, -0.25) is 0 Å². The van der Waals surface area contributed by atoms with Crippen LogP contribution in [0.1, 0.15) is 20.3 Å². The molecular weight excluding hydrogens is 227 g/mol. The van der Waals surface area contributed by atoms with Gasteiger partial charge in [-0.15, -0.1) is 11.1 Å². The Labute approximate surface area is 85.7 Å². The maximum Gasteiger partial charge on any atom is 0.288 e. The van der Waals surface area contributed by atoms with Gasteiger partial charge in [0.05, 0.1) is 5.60 Å². The van der Waals surface area contributed by atoms with Crippen LogP contribution in [0.3, 0.4) is 0 Å². The van der Waals surface area contributed by atoms with Gasteiger partial charge >= 0.3 is 0 Å². The van der Waals surface area contributed by atoms with Crippen LogP contribution in [0.4, 0.5) is 0 Å². The van der Waals surface area contributed by atoms with Crippen LogP contribution in [0.2, 0.25) is 19.1 Å². The maximum atomic E-state index is 6.43. The average Bonchev–Trinajstić information content (AvgIpc) is 1.79. The molecule has 1 nitrogen and oxygen atoms in total. The van der Waals surface area contributed by atoms with E-state index in [4.69, 9.17) is 26.6 Å². The molecule has 2 atom stereocenters. The molecule has 0 aromatic carbocycles. The third kappa shape index (κ3) is 2.07. The van der Waals surface area contributed by atoms with E-state index in [-0.39, 0.29) is 5.60 Å². The van der Waals surface area contributed by atoms with Gasteiger partial charge in [-0.2, -0.15) is 11.1 Å². The Morgan fingerprint density at radius 1 is 1.25 bits per heavy atom. The van der Waals surface area contributed by atoms with E-state index in [0.717, 1.165) is 12.5 Å². The van der Waals surface area contributed by atoms with Gasteiger partial charge < -0.3 is 4.43 Å². The lowest BCUT2D eigenvalue weighted by Crippen LogP contribution is -2.61. The van der Waals surface area contributed by atoms with E-state index < -0.39 is 14.0 Å². The first-order valence-electron chi connectivity index (χ1n) is 4.24. The van der Waals surface area contributed by atoms with Crippen LogP contribution < -0.4 is 0 Å². The maximum absolute atomic E-state index is 6.43. The van der Waals surface area contributed by atoms with Crippen LogP contribution in [-0.2, 0) is 4.43 Å². The first-order chi connectivity index (χ1) is 5.16. The van der Waals surface area contributed by atoms with Crippen molar-refractivity contribution in [3.63, 3.8) is 0 Å². The summed E-state index contributed by atoms with van der Waals surface area (Å²) in [6.07, 6.45) is 1.05. The topological polar surface area (TPSA) is 9.23 Å². The minimum absolute atomic E-state index is 0.0515. The van der Waals surface area contributed by atoms with E-state index in [0.29, 0.717) is 0 Å². The molecule has 0 bridgehead atoms. The fourth-order valence-corrected chi connectivity index (χ4v) is 9.60. The van der Waals surface area contributed by atoms with Crippen molar-refractivity contribution in [3.05, 3.63) is 0 Å². The molecule has 5 heteroatoms. The fourth-order valence-electron chi connectivity index (χ4n) is 1.44. The molecule has 0 spiro atoms. The Balaban J connectivity index is 2.82. The van der Waals surface area contributed by atoms with Gasteiger partial charge in [-0.25, -0.2) is 0 Å². The first kappa shape index (κ1) is 11.1. The van der Waals surface area contributed by atoms with Crippen molar-refractivity contribution in [1.82, 2.24) is 0 Å². The van der Waals surface area contributed by atoms with Gasteiger partial charge in [-0.05, 0) is 32.9 Å². The van der Waals surface area contributed by atoms with Crippen LogP contribution >= 0.6 is 22.2 Å². The third-order valence-corrected chi connectivity index (χ3v) is 21.9. The number of halogens is 2. The monoisotopic (exact) mass is 242 g/mol.